The molecule has 72 valence electrons. The van der Waals surface area contributed by atoms with Crippen molar-refractivity contribution >= 4 is 17.2 Å². The second-order valence-corrected chi connectivity index (χ2v) is 3.78. The molecule has 3 N–H and O–H groups in total. The highest BCUT2D eigenvalue weighted by Gasteiger charge is 1.97. The van der Waals surface area contributed by atoms with Crippen LogP contribution < -0.4 is 11.3 Å². The zero-order valence-corrected chi connectivity index (χ0v) is 8.60. The number of nitrogens with zero attached hydrogens (tertiary/aromatic N) is 1. The zero-order valence-electron chi connectivity index (χ0n) is 7.79. The fraction of sp³-hybridized carbons (Fsp3) is 0.444. The van der Waals surface area contributed by atoms with Crippen LogP contribution in [0.4, 0.5) is 0 Å². The minimum absolute atomic E-state index is 0.872. The van der Waals surface area contributed by atoms with Gasteiger partial charge in [-0.15, -0.1) is 11.3 Å². The summed E-state index contributed by atoms with van der Waals surface area (Å²) >= 11 is 1.80. The predicted octanol–water partition coefficient (Wildman–Crippen LogP) is 1.56. The molecule has 0 aliphatic carbocycles. The molecule has 13 heavy (non-hydrogen) atoms. The van der Waals surface area contributed by atoms with Crippen molar-refractivity contribution in [1.29, 1.82) is 0 Å². The maximum Gasteiger partial charge on any atom is 0.110 e. The summed E-state index contributed by atoms with van der Waals surface area (Å²) in [6, 6.07) is 4.24. The van der Waals surface area contributed by atoms with Crippen LogP contribution in [0.3, 0.4) is 0 Å². The molecule has 0 atom stereocenters. The topological polar surface area (TPSA) is 50.4 Å². The van der Waals surface area contributed by atoms with Gasteiger partial charge in [0, 0.05) is 18.3 Å². The summed E-state index contributed by atoms with van der Waals surface area (Å²) in [6.45, 7) is 0. The van der Waals surface area contributed by atoms with Gasteiger partial charge >= 0.3 is 0 Å². The molecular formula is C9H15N3S. The summed E-state index contributed by atoms with van der Waals surface area (Å²) in [5, 5.41) is 2.10. The van der Waals surface area contributed by atoms with Crippen molar-refractivity contribution in [2.45, 2.75) is 19.3 Å². The van der Waals surface area contributed by atoms with Gasteiger partial charge in [0.2, 0.25) is 0 Å². The molecule has 0 unspecified atom stereocenters. The van der Waals surface area contributed by atoms with Gasteiger partial charge in [0.1, 0.15) is 5.84 Å². The van der Waals surface area contributed by atoms with E-state index in [-0.39, 0.29) is 0 Å². The van der Waals surface area contributed by atoms with Crippen LogP contribution in [0.25, 0.3) is 0 Å². The Morgan fingerprint density at radius 2 is 2.54 bits per heavy atom. The van der Waals surface area contributed by atoms with Crippen molar-refractivity contribution in [3.8, 4) is 0 Å². The van der Waals surface area contributed by atoms with Crippen molar-refractivity contribution in [2.24, 2.45) is 10.8 Å². The van der Waals surface area contributed by atoms with Gasteiger partial charge in [-0.1, -0.05) is 6.07 Å². The van der Waals surface area contributed by atoms with E-state index >= 15 is 0 Å². The van der Waals surface area contributed by atoms with Gasteiger partial charge in [-0.25, -0.2) is 5.84 Å². The monoisotopic (exact) mass is 197 g/mol. The predicted molar refractivity (Wildman–Crippen MR) is 57.9 cm³/mol. The number of rotatable bonds is 4. The summed E-state index contributed by atoms with van der Waals surface area (Å²) in [5.74, 6) is 6.14. The fourth-order valence-electron chi connectivity index (χ4n) is 1.13. The molecule has 0 fully saturated rings. The molecule has 1 aromatic heterocycles. The molecular weight excluding hydrogens is 182 g/mol. The summed E-state index contributed by atoms with van der Waals surface area (Å²) < 4.78 is 0. The van der Waals surface area contributed by atoms with Crippen molar-refractivity contribution in [1.82, 2.24) is 5.43 Å². The number of thiophene rings is 1. The summed E-state index contributed by atoms with van der Waals surface area (Å²) in [6.07, 6.45) is 3.13. The van der Waals surface area contributed by atoms with Gasteiger partial charge in [0.15, 0.2) is 0 Å². The van der Waals surface area contributed by atoms with Crippen molar-refractivity contribution in [3.63, 3.8) is 0 Å². The maximum atomic E-state index is 5.26. The molecule has 0 saturated heterocycles. The Morgan fingerprint density at radius 3 is 3.08 bits per heavy atom. The van der Waals surface area contributed by atoms with E-state index in [0.717, 1.165) is 25.1 Å². The van der Waals surface area contributed by atoms with Crippen LogP contribution in [0.1, 0.15) is 17.7 Å². The van der Waals surface area contributed by atoms with Gasteiger partial charge in [0.05, 0.1) is 0 Å². The number of aryl methyl sites for hydroxylation is 1. The molecule has 0 spiro atoms. The Kier molecular flexibility index (Phi) is 4.49. The minimum Gasteiger partial charge on any atom is -0.312 e. The number of hydrazine groups is 1. The Hall–Kier alpha value is -0.870. The Labute approximate surface area is 82.7 Å². The first-order chi connectivity index (χ1) is 6.36. The van der Waals surface area contributed by atoms with E-state index in [1.54, 1.807) is 18.4 Å². The lowest BCUT2D eigenvalue weighted by Gasteiger charge is -2.02. The number of aliphatic imine (C=N–C) groups is 1. The molecule has 0 aliphatic heterocycles. The molecule has 0 aliphatic rings. The normalized spacial score (nSPS) is 11.7. The van der Waals surface area contributed by atoms with E-state index < -0.39 is 0 Å². The zero-order chi connectivity index (χ0) is 9.52. The van der Waals surface area contributed by atoms with Crippen LogP contribution in [-0.2, 0) is 6.42 Å². The lowest BCUT2D eigenvalue weighted by molar-refractivity contribution is 0.839. The van der Waals surface area contributed by atoms with Crippen LogP contribution in [0.2, 0.25) is 0 Å². The Balaban J connectivity index is 2.21. The highest BCUT2D eigenvalue weighted by Crippen LogP contribution is 2.11. The highest BCUT2D eigenvalue weighted by molar-refractivity contribution is 7.09. The minimum atomic E-state index is 0.872. The second-order valence-electron chi connectivity index (χ2n) is 2.75. The van der Waals surface area contributed by atoms with Crippen molar-refractivity contribution in [2.75, 3.05) is 7.05 Å². The molecule has 0 amide bonds. The van der Waals surface area contributed by atoms with E-state index in [4.69, 9.17) is 5.84 Å². The molecule has 1 heterocycles. The first-order valence-electron chi connectivity index (χ1n) is 4.31. The average Bonchev–Trinajstić information content (AvgIpc) is 2.65. The number of amidine groups is 1. The van der Waals surface area contributed by atoms with Crippen LogP contribution in [-0.4, -0.2) is 12.9 Å². The summed E-state index contributed by atoms with van der Waals surface area (Å²) in [7, 11) is 1.75. The number of nitrogens with one attached hydrogen (secondary N) is 1. The largest absolute Gasteiger partial charge is 0.312 e. The van der Waals surface area contributed by atoms with Crippen molar-refractivity contribution in [3.05, 3.63) is 22.4 Å². The Morgan fingerprint density at radius 1 is 1.69 bits per heavy atom. The standard InChI is InChI=1S/C9H15N3S/c1-11-9(12-10)6-2-4-8-5-3-7-13-8/h3,5,7H,2,4,6,10H2,1H3,(H,11,12). The van der Waals surface area contributed by atoms with Gasteiger partial charge in [0.25, 0.3) is 0 Å². The second kappa shape index (κ2) is 5.72. The smallest absolute Gasteiger partial charge is 0.110 e. The molecule has 1 aromatic rings. The van der Waals surface area contributed by atoms with E-state index in [1.807, 2.05) is 0 Å². The van der Waals surface area contributed by atoms with Crippen LogP contribution in [0.15, 0.2) is 22.5 Å². The van der Waals surface area contributed by atoms with Crippen LogP contribution >= 0.6 is 11.3 Å². The van der Waals surface area contributed by atoms with Gasteiger partial charge in [-0.05, 0) is 24.3 Å². The van der Waals surface area contributed by atoms with E-state index in [1.165, 1.54) is 4.88 Å². The quantitative estimate of drug-likeness (QED) is 0.333. The van der Waals surface area contributed by atoms with E-state index in [0.29, 0.717) is 0 Å². The Bertz CT molecular complexity index is 254. The fourth-order valence-corrected chi connectivity index (χ4v) is 1.88. The third-order valence-corrected chi connectivity index (χ3v) is 2.79. The van der Waals surface area contributed by atoms with Crippen molar-refractivity contribution < 1.29 is 0 Å². The third kappa shape index (κ3) is 3.57. The molecule has 0 aromatic carbocycles. The lowest BCUT2D eigenvalue weighted by Crippen LogP contribution is -2.30. The van der Waals surface area contributed by atoms with E-state index in [2.05, 4.69) is 27.9 Å². The molecule has 0 saturated carbocycles. The maximum absolute atomic E-state index is 5.26. The summed E-state index contributed by atoms with van der Waals surface area (Å²) in [5.41, 5.74) is 2.59. The molecule has 0 radical (unpaired) electrons. The summed E-state index contributed by atoms with van der Waals surface area (Å²) in [4.78, 5) is 5.43. The van der Waals surface area contributed by atoms with Crippen LogP contribution in [0, 0.1) is 0 Å². The number of hydrogen-bond acceptors (Lipinski definition) is 3. The highest BCUT2D eigenvalue weighted by atomic mass is 32.1. The lowest BCUT2D eigenvalue weighted by atomic mass is 10.2. The average molecular weight is 197 g/mol. The SMILES string of the molecule is CN=C(CCCc1cccs1)NN. The molecule has 0 bridgehead atoms. The third-order valence-electron chi connectivity index (χ3n) is 1.85. The van der Waals surface area contributed by atoms with Crippen LogP contribution in [0.5, 0.6) is 0 Å². The number of nitrogens with two attached hydrogens (primary N) is 1. The van der Waals surface area contributed by atoms with Gasteiger partial charge in [-0.3, -0.25) is 4.99 Å². The molecule has 1 rings (SSSR count). The van der Waals surface area contributed by atoms with E-state index in [9.17, 15) is 0 Å². The van der Waals surface area contributed by atoms with Gasteiger partial charge < -0.3 is 5.43 Å². The van der Waals surface area contributed by atoms with Gasteiger partial charge in [-0.2, -0.15) is 0 Å². The first-order valence-corrected chi connectivity index (χ1v) is 5.19. The molecule has 3 nitrogen and oxygen atoms in total. The molecule has 4 heteroatoms. The number of hydrogen-bond donors (Lipinski definition) is 2. The first kappa shape index (κ1) is 10.2.